The highest BCUT2D eigenvalue weighted by atomic mass is 16.3. The Morgan fingerprint density at radius 1 is 0.489 bits per heavy atom. The molecule has 1 aliphatic rings. The van der Waals surface area contributed by atoms with Gasteiger partial charge >= 0.3 is 0 Å². The molecular formula is C43H29N3O. The molecule has 9 rings (SSSR count). The van der Waals surface area contributed by atoms with Crippen LogP contribution in [0.5, 0.6) is 0 Å². The largest absolute Gasteiger partial charge is 0.456 e. The number of nitrogens with zero attached hydrogens (tertiary/aromatic N) is 2. The molecule has 7 aromatic carbocycles. The predicted molar refractivity (Wildman–Crippen MR) is 194 cm³/mol. The molecule has 0 amide bonds. The fourth-order valence-electron chi connectivity index (χ4n) is 6.56. The number of benzene rings is 7. The van der Waals surface area contributed by atoms with Crippen molar-refractivity contribution in [1.82, 2.24) is 5.32 Å². The molecule has 1 aromatic heterocycles. The van der Waals surface area contributed by atoms with Crippen LogP contribution < -0.4 is 5.32 Å². The molecule has 0 radical (unpaired) electrons. The summed E-state index contributed by atoms with van der Waals surface area (Å²) in [7, 11) is 0. The Kier molecular flexibility index (Phi) is 6.50. The second-order valence-electron chi connectivity index (χ2n) is 11.9. The van der Waals surface area contributed by atoms with Gasteiger partial charge in [-0.15, -0.1) is 0 Å². The van der Waals surface area contributed by atoms with E-state index in [2.05, 4.69) is 127 Å². The molecule has 222 valence electrons. The standard InChI is InChI=1S/C43H29N3O/c1-4-11-28(12-5-1)33-23-24-37-39(27-33)47-38-18-10-17-36(40(37)38)34-21-19-32-26-35(22-20-31(32)25-34)43-45-41(29-13-6-2-7-14-29)44-42(46-43)30-15-8-3-9-16-30/h1-27,41H,(H,44,45,46). The molecule has 47 heavy (non-hydrogen) atoms. The van der Waals surface area contributed by atoms with Crippen molar-refractivity contribution in [2.75, 3.05) is 0 Å². The third kappa shape index (κ3) is 4.97. The normalized spacial score (nSPS) is 14.6. The van der Waals surface area contributed by atoms with Gasteiger partial charge in [-0.05, 0) is 68.9 Å². The Morgan fingerprint density at radius 3 is 1.91 bits per heavy atom. The summed E-state index contributed by atoms with van der Waals surface area (Å²) in [4.78, 5) is 10.1. The van der Waals surface area contributed by atoms with Crippen LogP contribution in [-0.2, 0) is 0 Å². The minimum Gasteiger partial charge on any atom is -0.456 e. The summed E-state index contributed by atoms with van der Waals surface area (Å²) in [5, 5.41) is 8.09. The molecule has 1 atom stereocenters. The van der Waals surface area contributed by atoms with Crippen LogP contribution in [-0.4, -0.2) is 11.7 Å². The lowest BCUT2D eigenvalue weighted by Crippen LogP contribution is -2.33. The van der Waals surface area contributed by atoms with Crippen molar-refractivity contribution in [3.8, 4) is 22.3 Å². The summed E-state index contributed by atoms with van der Waals surface area (Å²) in [5.41, 5.74) is 9.53. The van der Waals surface area contributed by atoms with Crippen LogP contribution in [0.4, 0.5) is 0 Å². The van der Waals surface area contributed by atoms with Gasteiger partial charge in [0.2, 0.25) is 0 Å². The van der Waals surface area contributed by atoms with Crippen molar-refractivity contribution in [1.29, 1.82) is 0 Å². The third-order valence-electron chi connectivity index (χ3n) is 8.92. The molecule has 0 fully saturated rings. The maximum Gasteiger partial charge on any atom is 0.159 e. The molecule has 4 nitrogen and oxygen atoms in total. The van der Waals surface area contributed by atoms with Crippen LogP contribution in [0.3, 0.4) is 0 Å². The van der Waals surface area contributed by atoms with E-state index >= 15 is 0 Å². The van der Waals surface area contributed by atoms with Gasteiger partial charge in [-0.2, -0.15) is 0 Å². The van der Waals surface area contributed by atoms with Gasteiger partial charge in [-0.1, -0.05) is 133 Å². The van der Waals surface area contributed by atoms with Gasteiger partial charge in [-0.3, -0.25) is 0 Å². The lowest BCUT2D eigenvalue weighted by molar-refractivity contribution is 0.669. The zero-order valence-electron chi connectivity index (χ0n) is 25.5. The molecule has 8 aromatic rings. The lowest BCUT2D eigenvalue weighted by atomic mass is 9.95. The highest BCUT2D eigenvalue weighted by Gasteiger charge is 2.21. The molecule has 1 aliphatic heterocycles. The monoisotopic (exact) mass is 603 g/mol. The number of hydrogen-bond acceptors (Lipinski definition) is 4. The van der Waals surface area contributed by atoms with E-state index in [4.69, 9.17) is 14.4 Å². The van der Waals surface area contributed by atoms with Crippen LogP contribution in [0.15, 0.2) is 178 Å². The summed E-state index contributed by atoms with van der Waals surface area (Å²) < 4.78 is 6.40. The highest BCUT2D eigenvalue weighted by Crippen LogP contribution is 2.39. The van der Waals surface area contributed by atoms with Crippen molar-refractivity contribution in [3.63, 3.8) is 0 Å². The van der Waals surface area contributed by atoms with E-state index in [9.17, 15) is 0 Å². The molecule has 0 saturated heterocycles. The quantitative estimate of drug-likeness (QED) is 0.213. The number of nitrogens with one attached hydrogen (secondary N) is 1. The third-order valence-corrected chi connectivity index (χ3v) is 8.92. The van der Waals surface area contributed by atoms with Crippen LogP contribution >= 0.6 is 0 Å². The maximum absolute atomic E-state index is 6.40. The van der Waals surface area contributed by atoms with E-state index in [1.165, 1.54) is 5.56 Å². The van der Waals surface area contributed by atoms with E-state index < -0.39 is 0 Å². The topological polar surface area (TPSA) is 49.9 Å². The van der Waals surface area contributed by atoms with Gasteiger partial charge in [0.05, 0.1) is 0 Å². The number of amidine groups is 2. The Balaban J connectivity index is 1.10. The summed E-state index contributed by atoms with van der Waals surface area (Å²) in [5.74, 6) is 1.53. The van der Waals surface area contributed by atoms with Crippen molar-refractivity contribution < 1.29 is 4.42 Å². The van der Waals surface area contributed by atoms with Gasteiger partial charge in [0, 0.05) is 21.9 Å². The van der Waals surface area contributed by atoms with Crippen molar-refractivity contribution >= 4 is 44.4 Å². The lowest BCUT2D eigenvalue weighted by Gasteiger charge is -2.23. The number of fused-ring (bicyclic) bond motifs is 4. The number of aliphatic imine (C=N–C) groups is 2. The molecule has 0 saturated carbocycles. The predicted octanol–water partition coefficient (Wildman–Crippen LogP) is 10.6. The van der Waals surface area contributed by atoms with Gasteiger partial charge < -0.3 is 9.73 Å². The first-order chi connectivity index (χ1) is 23.3. The average Bonchev–Trinajstić information content (AvgIpc) is 3.53. The second-order valence-corrected chi connectivity index (χ2v) is 11.9. The highest BCUT2D eigenvalue weighted by molar-refractivity contribution is 6.15. The van der Waals surface area contributed by atoms with Crippen LogP contribution in [0.25, 0.3) is 55.0 Å². The molecule has 4 heteroatoms. The van der Waals surface area contributed by atoms with Crippen molar-refractivity contribution in [3.05, 3.63) is 180 Å². The molecule has 0 aliphatic carbocycles. The zero-order valence-corrected chi connectivity index (χ0v) is 25.5. The van der Waals surface area contributed by atoms with Gasteiger partial charge in [0.15, 0.2) is 5.84 Å². The molecule has 0 bridgehead atoms. The smallest absolute Gasteiger partial charge is 0.159 e. The second kappa shape index (κ2) is 11.3. The fourth-order valence-corrected chi connectivity index (χ4v) is 6.56. The average molecular weight is 604 g/mol. The van der Waals surface area contributed by atoms with Crippen LogP contribution in [0, 0.1) is 0 Å². The first-order valence-electron chi connectivity index (χ1n) is 15.9. The Hall–Kier alpha value is -6.26. The summed E-state index contributed by atoms with van der Waals surface area (Å²) >= 11 is 0. The van der Waals surface area contributed by atoms with E-state index in [0.29, 0.717) is 5.84 Å². The first kappa shape index (κ1) is 27.1. The van der Waals surface area contributed by atoms with E-state index in [1.54, 1.807) is 0 Å². The maximum atomic E-state index is 6.40. The Labute approximate surface area is 272 Å². The molecule has 1 N–H and O–H groups in total. The van der Waals surface area contributed by atoms with Gasteiger partial charge in [-0.25, -0.2) is 9.98 Å². The van der Waals surface area contributed by atoms with E-state index in [-0.39, 0.29) is 6.17 Å². The number of hydrogen-bond donors (Lipinski definition) is 1. The van der Waals surface area contributed by atoms with E-state index in [0.717, 1.165) is 71.9 Å². The molecule has 1 unspecified atom stereocenters. The molecule has 2 heterocycles. The van der Waals surface area contributed by atoms with Crippen LogP contribution in [0.1, 0.15) is 22.9 Å². The summed E-state index contributed by atoms with van der Waals surface area (Å²) in [6, 6.07) is 57.0. The number of rotatable bonds is 5. The van der Waals surface area contributed by atoms with Crippen LogP contribution in [0.2, 0.25) is 0 Å². The summed E-state index contributed by atoms with van der Waals surface area (Å²) in [6.45, 7) is 0. The van der Waals surface area contributed by atoms with Gasteiger partial charge in [0.1, 0.15) is 23.2 Å². The Morgan fingerprint density at radius 2 is 1.15 bits per heavy atom. The SMILES string of the molecule is c1ccc(C2=NC(c3ccc4cc(-c5cccc6oc7cc(-c8ccccc8)ccc7c56)ccc4c3)=NC(c3ccccc3)N2)cc1. The molecule has 0 spiro atoms. The van der Waals surface area contributed by atoms with Gasteiger partial charge in [0.25, 0.3) is 0 Å². The van der Waals surface area contributed by atoms with Crippen molar-refractivity contribution in [2.45, 2.75) is 6.17 Å². The fraction of sp³-hybridized carbons (Fsp3) is 0.0233. The minimum absolute atomic E-state index is 0.231. The first-order valence-corrected chi connectivity index (χ1v) is 15.9. The van der Waals surface area contributed by atoms with Crippen molar-refractivity contribution in [2.24, 2.45) is 9.98 Å². The van der Waals surface area contributed by atoms with E-state index in [1.807, 2.05) is 42.5 Å². The number of furan rings is 1. The minimum atomic E-state index is -0.231. The summed E-state index contributed by atoms with van der Waals surface area (Å²) in [6.07, 6.45) is -0.231. The zero-order chi connectivity index (χ0) is 31.2. The Bertz CT molecular complexity index is 2480. The molecular weight excluding hydrogens is 574 g/mol.